The van der Waals surface area contributed by atoms with E-state index in [0.29, 0.717) is 17.9 Å². The van der Waals surface area contributed by atoms with Gasteiger partial charge < -0.3 is 9.47 Å². The highest BCUT2D eigenvalue weighted by molar-refractivity contribution is 5.90. The van der Waals surface area contributed by atoms with Gasteiger partial charge in [-0.05, 0) is 55.0 Å². The molecule has 3 aromatic carbocycles. The van der Waals surface area contributed by atoms with E-state index < -0.39 is 0 Å². The van der Waals surface area contributed by atoms with Crippen LogP contribution in [0.1, 0.15) is 17.3 Å². The first-order chi connectivity index (χ1) is 13.2. The lowest BCUT2D eigenvalue weighted by atomic mass is 10.0. The Kier molecular flexibility index (Phi) is 5.94. The Bertz CT molecular complexity index is 936. The van der Waals surface area contributed by atoms with Gasteiger partial charge in [0.15, 0.2) is 0 Å². The van der Waals surface area contributed by atoms with Crippen molar-refractivity contribution in [2.45, 2.75) is 6.92 Å². The number of methoxy groups -OCH3 is 1. The summed E-state index contributed by atoms with van der Waals surface area (Å²) < 4.78 is 10.5. The van der Waals surface area contributed by atoms with Crippen molar-refractivity contribution < 1.29 is 14.3 Å². The van der Waals surface area contributed by atoms with E-state index in [2.05, 4.69) is 10.2 Å². The van der Waals surface area contributed by atoms with Crippen molar-refractivity contribution in [1.82, 2.24) is 0 Å². The van der Waals surface area contributed by atoms with Crippen LogP contribution < -0.4 is 4.74 Å². The van der Waals surface area contributed by atoms with Crippen molar-refractivity contribution in [1.29, 1.82) is 0 Å². The summed E-state index contributed by atoms with van der Waals surface area (Å²) in [5, 5.41) is 8.55. The molecule has 3 rings (SSSR count). The fraction of sp³-hybridized carbons (Fsp3) is 0.136. The summed E-state index contributed by atoms with van der Waals surface area (Å²) in [6, 6.07) is 22.4. The van der Waals surface area contributed by atoms with E-state index in [0.717, 1.165) is 22.6 Å². The maximum Gasteiger partial charge on any atom is 0.338 e. The van der Waals surface area contributed by atoms with Gasteiger partial charge in [0, 0.05) is 5.56 Å². The van der Waals surface area contributed by atoms with Gasteiger partial charge in [-0.1, -0.05) is 30.3 Å². The SMILES string of the molecule is CCOC(=O)c1ccc(-c2cc(N=Nc3ccccc3)ccc2OC)cc1. The first kappa shape index (κ1) is 18.3. The van der Waals surface area contributed by atoms with Gasteiger partial charge in [-0.25, -0.2) is 4.79 Å². The monoisotopic (exact) mass is 360 g/mol. The van der Waals surface area contributed by atoms with Gasteiger partial charge in [0.05, 0.1) is 30.7 Å². The Labute approximate surface area is 158 Å². The number of benzene rings is 3. The molecule has 0 aliphatic carbocycles. The highest BCUT2D eigenvalue weighted by atomic mass is 16.5. The van der Waals surface area contributed by atoms with Crippen LogP contribution in [0.5, 0.6) is 5.75 Å². The fourth-order valence-electron chi connectivity index (χ4n) is 2.59. The summed E-state index contributed by atoms with van der Waals surface area (Å²) in [7, 11) is 1.62. The van der Waals surface area contributed by atoms with Crippen LogP contribution in [0.3, 0.4) is 0 Å². The molecule has 0 heterocycles. The summed E-state index contributed by atoms with van der Waals surface area (Å²) in [5.41, 5.74) is 3.80. The molecule has 0 unspecified atom stereocenters. The van der Waals surface area contributed by atoms with Crippen molar-refractivity contribution in [3.05, 3.63) is 78.4 Å². The molecule has 0 aromatic heterocycles. The Hall–Kier alpha value is -3.47. The average molecular weight is 360 g/mol. The third-order valence-electron chi connectivity index (χ3n) is 3.93. The molecular weight excluding hydrogens is 340 g/mol. The lowest BCUT2D eigenvalue weighted by Gasteiger charge is -2.10. The molecule has 0 aliphatic heterocycles. The molecule has 5 heteroatoms. The molecule has 0 fully saturated rings. The maximum absolute atomic E-state index is 11.8. The topological polar surface area (TPSA) is 60.2 Å². The Morgan fingerprint density at radius 2 is 1.59 bits per heavy atom. The zero-order valence-electron chi connectivity index (χ0n) is 15.3. The Morgan fingerprint density at radius 1 is 0.889 bits per heavy atom. The Morgan fingerprint density at radius 3 is 2.26 bits per heavy atom. The van der Waals surface area contributed by atoms with Gasteiger partial charge >= 0.3 is 5.97 Å². The van der Waals surface area contributed by atoms with Crippen LogP contribution in [0.15, 0.2) is 83.0 Å². The predicted octanol–water partition coefficient (Wildman–Crippen LogP) is 5.95. The second-order valence-electron chi connectivity index (χ2n) is 5.72. The molecule has 0 saturated heterocycles. The largest absolute Gasteiger partial charge is 0.496 e. The van der Waals surface area contributed by atoms with E-state index in [4.69, 9.17) is 9.47 Å². The highest BCUT2D eigenvalue weighted by Crippen LogP contribution is 2.34. The minimum Gasteiger partial charge on any atom is -0.496 e. The van der Waals surface area contributed by atoms with Crippen LogP contribution in [0.2, 0.25) is 0 Å². The molecule has 136 valence electrons. The number of carbonyl (C=O) groups is 1. The molecule has 0 aliphatic rings. The molecule has 0 N–H and O–H groups in total. The van der Waals surface area contributed by atoms with E-state index >= 15 is 0 Å². The molecule has 0 bridgehead atoms. The third-order valence-corrected chi connectivity index (χ3v) is 3.93. The van der Waals surface area contributed by atoms with Crippen molar-refractivity contribution >= 4 is 17.3 Å². The van der Waals surface area contributed by atoms with Crippen LogP contribution in [0.25, 0.3) is 11.1 Å². The van der Waals surface area contributed by atoms with Gasteiger partial charge in [-0.3, -0.25) is 0 Å². The minimum absolute atomic E-state index is 0.332. The molecule has 27 heavy (non-hydrogen) atoms. The zero-order valence-corrected chi connectivity index (χ0v) is 15.3. The molecule has 0 atom stereocenters. The van der Waals surface area contributed by atoms with Crippen LogP contribution in [0.4, 0.5) is 11.4 Å². The average Bonchev–Trinajstić information content (AvgIpc) is 2.73. The lowest BCUT2D eigenvalue weighted by molar-refractivity contribution is 0.0526. The van der Waals surface area contributed by atoms with E-state index in [9.17, 15) is 4.79 Å². The first-order valence-electron chi connectivity index (χ1n) is 8.63. The molecule has 0 amide bonds. The first-order valence-corrected chi connectivity index (χ1v) is 8.63. The molecule has 3 aromatic rings. The summed E-state index contributed by atoms with van der Waals surface area (Å²) in [6.45, 7) is 2.13. The number of nitrogens with zero attached hydrogens (tertiary/aromatic N) is 2. The van der Waals surface area contributed by atoms with Gasteiger partial charge in [0.2, 0.25) is 0 Å². The van der Waals surface area contributed by atoms with Crippen molar-refractivity contribution in [3.63, 3.8) is 0 Å². The summed E-state index contributed by atoms with van der Waals surface area (Å²) >= 11 is 0. The normalized spacial score (nSPS) is 10.7. The minimum atomic E-state index is -0.332. The second-order valence-corrected chi connectivity index (χ2v) is 5.72. The summed E-state index contributed by atoms with van der Waals surface area (Å²) in [4.78, 5) is 11.8. The van der Waals surface area contributed by atoms with Crippen LogP contribution in [0, 0.1) is 0 Å². The van der Waals surface area contributed by atoms with Crippen LogP contribution in [-0.4, -0.2) is 19.7 Å². The number of ether oxygens (including phenoxy) is 2. The quantitative estimate of drug-likeness (QED) is 0.403. The Balaban J connectivity index is 1.90. The fourth-order valence-corrected chi connectivity index (χ4v) is 2.59. The standard InChI is InChI=1S/C22H20N2O3/c1-3-27-22(25)17-11-9-16(10-12-17)20-15-19(13-14-21(20)26-2)24-23-18-7-5-4-6-8-18/h4-15H,3H2,1-2H3. The summed E-state index contributed by atoms with van der Waals surface area (Å²) in [6.07, 6.45) is 0. The number of hydrogen-bond acceptors (Lipinski definition) is 5. The van der Waals surface area contributed by atoms with Crippen LogP contribution >= 0.6 is 0 Å². The van der Waals surface area contributed by atoms with Crippen LogP contribution in [-0.2, 0) is 4.74 Å². The number of hydrogen-bond donors (Lipinski definition) is 0. The second kappa shape index (κ2) is 8.76. The maximum atomic E-state index is 11.8. The predicted molar refractivity (Wildman–Crippen MR) is 105 cm³/mol. The molecule has 0 spiro atoms. The third kappa shape index (κ3) is 4.58. The number of azo groups is 1. The van der Waals surface area contributed by atoms with Crippen molar-refractivity contribution in [2.75, 3.05) is 13.7 Å². The van der Waals surface area contributed by atoms with Gasteiger partial charge in [0.25, 0.3) is 0 Å². The summed E-state index contributed by atoms with van der Waals surface area (Å²) in [5.74, 6) is 0.388. The highest BCUT2D eigenvalue weighted by Gasteiger charge is 2.10. The van der Waals surface area contributed by atoms with E-state index in [-0.39, 0.29) is 5.97 Å². The van der Waals surface area contributed by atoms with Crippen molar-refractivity contribution in [2.24, 2.45) is 10.2 Å². The number of carbonyl (C=O) groups excluding carboxylic acids is 1. The van der Waals surface area contributed by atoms with E-state index in [1.807, 2.05) is 60.7 Å². The van der Waals surface area contributed by atoms with Crippen molar-refractivity contribution in [3.8, 4) is 16.9 Å². The molecule has 0 saturated carbocycles. The molecular formula is C22H20N2O3. The number of rotatable bonds is 6. The smallest absolute Gasteiger partial charge is 0.338 e. The number of esters is 1. The van der Waals surface area contributed by atoms with E-state index in [1.54, 1.807) is 26.2 Å². The lowest BCUT2D eigenvalue weighted by Crippen LogP contribution is -2.04. The van der Waals surface area contributed by atoms with Gasteiger partial charge in [0.1, 0.15) is 5.75 Å². The molecule has 0 radical (unpaired) electrons. The zero-order chi connectivity index (χ0) is 19.1. The molecule has 5 nitrogen and oxygen atoms in total. The van der Waals surface area contributed by atoms with Gasteiger partial charge in [-0.2, -0.15) is 10.2 Å². The van der Waals surface area contributed by atoms with E-state index in [1.165, 1.54) is 0 Å². The van der Waals surface area contributed by atoms with Gasteiger partial charge in [-0.15, -0.1) is 0 Å².